The number of fused-ring (bicyclic) bond motifs is 1. The highest BCUT2D eigenvalue weighted by Crippen LogP contribution is 2.16. The van der Waals surface area contributed by atoms with Gasteiger partial charge in [-0.05, 0) is 49.7 Å². The van der Waals surface area contributed by atoms with E-state index in [1.807, 2.05) is 26.0 Å². The van der Waals surface area contributed by atoms with Gasteiger partial charge in [0.05, 0.1) is 28.0 Å². The van der Waals surface area contributed by atoms with Crippen LogP contribution < -0.4 is 0 Å². The lowest BCUT2D eigenvalue weighted by molar-refractivity contribution is 0.0473. The number of hydrogen-bond donors (Lipinski definition) is 0. The van der Waals surface area contributed by atoms with Gasteiger partial charge in [0.1, 0.15) is 6.61 Å². The normalized spacial score (nSPS) is 10.7. The SMILES string of the molecule is Cc1nc2ccc(C(=O)OCc3cccc(Cl)c3)cc2nc1C. The molecule has 0 bridgehead atoms. The lowest BCUT2D eigenvalue weighted by atomic mass is 10.2. The van der Waals surface area contributed by atoms with Crippen molar-refractivity contribution in [3.63, 3.8) is 0 Å². The molecule has 116 valence electrons. The van der Waals surface area contributed by atoms with Crippen molar-refractivity contribution in [2.45, 2.75) is 20.5 Å². The molecule has 23 heavy (non-hydrogen) atoms. The smallest absolute Gasteiger partial charge is 0.338 e. The Morgan fingerprint density at radius 1 is 1.04 bits per heavy atom. The van der Waals surface area contributed by atoms with Crippen molar-refractivity contribution < 1.29 is 9.53 Å². The van der Waals surface area contributed by atoms with Crippen molar-refractivity contribution in [1.29, 1.82) is 0 Å². The second-order valence-electron chi connectivity index (χ2n) is 5.30. The minimum atomic E-state index is -0.396. The van der Waals surface area contributed by atoms with Crippen molar-refractivity contribution in [1.82, 2.24) is 9.97 Å². The Bertz CT molecular complexity index is 893. The van der Waals surface area contributed by atoms with E-state index < -0.39 is 5.97 Å². The molecule has 3 aromatic rings. The number of ether oxygens (including phenoxy) is 1. The zero-order valence-corrected chi connectivity index (χ0v) is 13.6. The Hall–Kier alpha value is -2.46. The van der Waals surface area contributed by atoms with Crippen molar-refractivity contribution in [2.75, 3.05) is 0 Å². The van der Waals surface area contributed by atoms with E-state index in [2.05, 4.69) is 9.97 Å². The number of halogens is 1. The number of aromatic nitrogens is 2. The predicted molar refractivity (Wildman–Crippen MR) is 89.6 cm³/mol. The number of carbonyl (C=O) groups excluding carboxylic acids is 1. The summed E-state index contributed by atoms with van der Waals surface area (Å²) in [5, 5.41) is 0.616. The largest absolute Gasteiger partial charge is 0.457 e. The van der Waals surface area contributed by atoms with Gasteiger partial charge in [0, 0.05) is 5.02 Å². The van der Waals surface area contributed by atoms with E-state index in [0.29, 0.717) is 16.1 Å². The average Bonchev–Trinajstić information content (AvgIpc) is 2.53. The number of aryl methyl sites for hydroxylation is 2. The van der Waals surface area contributed by atoms with Crippen LogP contribution in [0.15, 0.2) is 42.5 Å². The highest BCUT2D eigenvalue weighted by molar-refractivity contribution is 6.30. The van der Waals surface area contributed by atoms with Crippen LogP contribution in [-0.4, -0.2) is 15.9 Å². The Kier molecular flexibility index (Phi) is 4.26. The van der Waals surface area contributed by atoms with Crippen molar-refractivity contribution in [3.8, 4) is 0 Å². The van der Waals surface area contributed by atoms with Gasteiger partial charge in [-0.1, -0.05) is 23.7 Å². The second-order valence-corrected chi connectivity index (χ2v) is 5.74. The summed E-state index contributed by atoms with van der Waals surface area (Å²) in [4.78, 5) is 21.1. The summed E-state index contributed by atoms with van der Waals surface area (Å²) in [6.07, 6.45) is 0. The predicted octanol–water partition coefficient (Wildman–Crippen LogP) is 4.26. The summed E-state index contributed by atoms with van der Waals surface area (Å²) in [5.74, 6) is -0.396. The zero-order chi connectivity index (χ0) is 16.4. The Morgan fingerprint density at radius 2 is 1.78 bits per heavy atom. The summed E-state index contributed by atoms with van der Waals surface area (Å²) in [5.41, 5.74) is 4.48. The number of carbonyl (C=O) groups is 1. The molecule has 2 aromatic carbocycles. The van der Waals surface area contributed by atoms with E-state index >= 15 is 0 Å². The molecule has 0 aliphatic rings. The third-order valence-electron chi connectivity index (χ3n) is 3.57. The van der Waals surface area contributed by atoms with Gasteiger partial charge in [-0.15, -0.1) is 0 Å². The highest BCUT2D eigenvalue weighted by Gasteiger charge is 2.10. The lowest BCUT2D eigenvalue weighted by Gasteiger charge is -2.07. The van der Waals surface area contributed by atoms with E-state index in [1.165, 1.54) is 0 Å². The second kappa shape index (κ2) is 6.34. The van der Waals surface area contributed by atoms with Crippen LogP contribution in [0.5, 0.6) is 0 Å². The van der Waals surface area contributed by atoms with Gasteiger partial charge in [-0.25, -0.2) is 14.8 Å². The lowest BCUT2D eigenvalue weighted by Crippen LogP contribution is -2.06. The van der Waals surface area contributed by atoms with Crippen LogP contribution in [0.2, 0.25) is 5.02 Å². The maximum atomic E-state index is 12.2. The van der Waals surface area contributed by atoms with Gasteiger partial charge in [-0.2, -0.15) is 0 Å². The fourth-order valence-electron chi connectivity index (χ4n) is 2.22. The minimum absolute atomic E-state index is 0.177. The Balaban J connectivity index is 1.79. The van der Waals surface area contributed by atoms with Crippen LogP contribution in [-0.2, 0) is 11.3 Å². The molecule has 0 unspecified atom stereocenters. The first-order valence-corrected chi connectivity index (χ1v) is 7.57. The maximum Gasteiger partial charge on any atom is 0.338 e. The third-order valence-corrected chi connectivity index (χ3v) is 3.81. The van der Waals surface area contributed by atoms with Gasteiger partial charge < -0.3 is 4.74 Å². The molecule has 4 nitrogen and oxygen atoms in total. The van der Waals surface area contributed by atoms with Gasteiger partial charge >= 0.3 is 5.97 Å². The molecule has 0 saturated carbocycles. The van der Waals surface area contributed by atoms with Crippen LogP contribution in [0.1, 0.15) is 27.3 Å². The van der Waals surface area contributed by atoms with Crippen molar-refractivity contribution >= 4 is 28.6 Å². The molecule has 0 spiro atoms. The van der Waals surface area contributed by atoms with Crippen LogP contribution >= 0.6 is 11.6 Å². The van der Waals surface area contributed by atoms with E-state index in [1.54, 1.807) is 30.3 Å². The fraction of sp³-hybridized carbons (Fsp3) is 0.167. The molecule has 1 heterocycles. The maximum absolute atomic E-state index is 12.2. The molecule has 0 radical (unpaired) electrons. The van der Waals surface area contributed by atoms with Gasteiger partial charge in [-0.3, -0.25) is 0 Å². The molecule has 5 heteroatoms. The van der Waals surface area contributed by atoms with E-state index in [0.717, 1.165) is 22.5 Å². The molecular weight excluding hydrogens is 312 g/mol. The minimum Gasteiger partial charge on any atom is -0.457 e. The Labute approximate surface area is 139 Å². The molecule has 0 aliphatic carbocycles. The highest BCUT2D eigenvalue weighted by atomic mass is 35.5. The standard InChI is InChI=1S/C18H15ClN2O2/c1-11-12(2)21-17-9-14(6-7-16(17)20-11)18(22)23-10-13-4-3-5-15(19)8-13/h3-9H,10H2,1-2H3. The number of nitrogens with zero attached hydrogens (tertiary/aromatic N) is 2. The number of rotatable bonds is 3. The van der Waals surface area contributed by atoms with Crippen molar-refractivity contribution in [2.24, 2.45) is 0 Å². The molecule has 0 aliphatic heterocycles. The average molecular weight is 327 g/mol. The molecule has 0 saturated heterocycles. The van der Waals surface area contributed by atoms with E-state index in [4.69, 9.17) is 16.3 Å². The molecular formula is C18H15ClN2O2. The van der Waals surface area contributed by atoms with Crippen LogP contribution in [0.3, 0.4) is 0 Å². The quantitative estimate of drug-likeness (QED) is 0.675. The third kappa shape index (κ3) is 3.48. The first-order chi connectivity index (χ1) is 11.0. The molecule has 0 fully saturated rings. The summed E-state index contributed by atoms with van der Waals surface area (Å²) in [6.45, 7) is 3.98. The first-order valence-electron chi connectivity index (χ1n) is 7.19. The summed E-state index contributed by atoms with van der Waals surface area (Å²) in [7, 11) is 0. The molecule has 1 aromatic heterocycles. The number of benzene rings is 2. The Morgan fingerprint density at radius 3 is 2.52 bits per heavy atom. The number of hydrogen-bond acceptors (Lipinski definition) is 4. The monoisotopic (exact) mass is 326 g/mol. The topological polar surface area (TPSA) is 52.1 Å². The summed E-state index contributed by atoms with van der Waals surface area (Å²) < 4.78 is 5.33. The summed E-state index contributed by atoms with van der Waals surface area (Å²) in [6, 6.07) is 12.4. The van der Waals surface area contributed by atoms with E-state index in [9.17, 15) is 4.79 Å². The first kappa shape index (κ1) is 15.4. The van der Waals surface area contributed by atoms with Crippen LogP contribution in [0.4, 0.5) is 0 Å². The van der Waals surface area contributed by atoms with Crippen LogP contribution in [0.25, 0.3) is 11.0 Å². The van der Waals surface area contributed by atoms with Crippen LogP contribution in [0, 0.1) is 13.8 Å². The molecule has 0 N–H and O–H groups in total. The molecule has 3 rings (SSSR count). The van der Waals surface area contributed by atoms with Crippen molar-refractivity contribution in [3.05, 3.63) is 70.0 Å². The zero-order valence-electron chi connectivity index (χ0n) is 12.8. The molecule has 0 atom stereocenters. The van der Waals surface area contributed by atoms with Gasteiger partial charge in [0.15, 0.2) is 0 Å². The van der Waals surface area contributed by atoms with Gasteiger partial charge in [0.2, 0.25) is 0 Å². The number of esters is 1. The van der Waals surface area contributed by atoms with Gasteiger partial charge in [0.25, 0.3) is 0 Å². The fourth-order valence-corrected chi connectivity index (χ4v) is 2.43. The summed E-state index contributed by atoms with van der Waals surface area (Å²) >= 11 is 5.91. The molecule has 0 amide bonds. The van der Waals surface area contributed by atoms with E-state index in [-0.39, 0.29) is 6.61 Å².